The fourth-order valence-corrected chi connectivity index (χ4v) is 3.20. The van der Waals surface area contributed by atoms with Crippen molar-refractivity contribution in [3.63, 3.8) is 0 Å². The first-order valence-electron chi connectivity index (χ1n) is 8.46. The molecule has 2 aliphatic carbocycles. The van der Waals surface area contributed by atoms with Crippen LogP contribution in [-0.4, -0.2) is 28.8 Å². The first-order valence-corrected chi connectivity index (χ1v) is 8.46. The number of rotatable bonds is 6. The summed E-state index contributed by atoms with van der Waals surface area (Å²) in [6.45, 7) is 0.600. The van der Waals surface area contributed by atoms with Gasteiger partial charge >= 0.3 is 0 Å². The van der Waals surface area contributed by atoms with E-state index in [1.807, 2.05) is 0 Å². The Balaban J connectivity index is 1.74. The highest BCUT2D eigenvalue weighted by molar-refractivity contribution is 5.99. The van der Waals surface area contributed by atoms with Gasteiger partial charge in [0.25, 0.3) is 11.6 Å². The van der Waals surface area contributed by atoms with Gasteiger partial charge in [-0.3, -0.25) is 19.7 Å². The van der Waals surface area contributed by atoms with Crippen LogP contribution in [0.5, 0.6) is 0 Å². The molecule has 1 aromatic carbocycles. The third-order valence-corrected chi connectivity index (χ3v) is 4.90. The van der Waals surface area contributed by atoms with Crippen molar-refractivity contribution in [1.29, 1.82) is 0 Å². The molecule has 0 aromatic heterocycles. The molecule has 2 saturated carbocycles. The molecule has 0 unspecified atom stereocenters. The lowest BCUT2D eigenvalue weighted by Gasteiger charge is -2.29. The number of hydrogen-bond acceptors (Lipinski definition) is 4. The molecule has 0 radical (unpaired) electrons. The summed E-state index contributed by atoms with van der Waals surface area (Å²) >= 11 is 0. The smallest absolute Gasteiger partial charge is 0.272 e. The molecule has 1 aromatic rings. The Bertz CT molecular complexity index is 712. The summed E-state index contributed by atoms with van der Waals surface area (Å²) in [7, 11) is 0. The monoisotopic (exact) mass is 349 g/mol. The van der Waals surface area contributed by atoms with Crippen LogP contribution in [0.4, 0.5) is 10.1 Å². The fourth-order valence-electron chi connectivity index (χ4n) is 3.20. The topological polar surface area (TPSA) is 101 Å². The number of nitro groups is 1. The lowest BCUT2D eigenvalue weighted by atomic mass is 9.95. The van der Waals surface area contributed by atoms with Gasteiger partial charge in [-0.15, -0.1) is 0 Å². The zero-order valence-corrected chi connectivity index (χ0v) is 13.7. The average molecular weight is 349 g/mol. The summed E-state index contributed by atoms with van der Waals surface area (Å²) in [5.74, 6) is -1.41. The van der Waals surface area contributed by atoms with Gasteiger partial charge in [0.15, 0.2) is 0 Å². The highest BCUT2D eigenvalue weighted by Crippen LogP contribution is 2.32. The largest absolute Gasteiger partial charge is 0.354 e. The Morgan fingerprint density at radius 3 is 2.52 bits per heavy atom. The Morgan fingerprint density at radius 2 is 1.96 bits per heavy atom. The van der Waals surface area contributed by atoms with Gasteiger partial charge in [-0.25, -0.2) is 4.39 Å². The standard InChI is InChI=1S/C17H20FN3O4/c18-14-9-12(21(24)25)5-6-13(14)15(22)20-17(7-1-2-8-17)16(23)19-10-11-3-4-11/h5-6,9,11H,1-4,7-8,10H2,(H,19,23)(H,20,22). The van der Waals surface area contributed by atoms with Crippen LogP contribution in [0.2, 0.25) is 0 Å². The van der Waals surface area contributed by atoms with Crippen LogP contribution in [0.15, 0.2) is 18.2 Å². The summed E-state index contributed by atoms with van der Waals surface area (Å²) in [5, 5.41) is 16.2. The molecule has 0 aliphatic heterocycles. The third-order valence-electron chi connectivity index (χ3n) is 4.90. The van der Waals surface area contributed by atoms with Crippen molar-refractivity contribution in [2.45, 2.75) is 44.1 Å². The number of hydrogen-bond donors (Lipinski definition) is 2. The van der Waals surface area contributed by atoms with Crippen molar-refractivity contribution >= 4 is 17.5 Å². The molecule has 2 fully saturated rings. The zero-order valence-electron chi connectivity index (χ0n) is 13.7. The number of nitrogens with one attached hydrogen (secondary N) is 2. The minimum absolute atomic E-state index is 0.229. The van der Waals surface area contributed by atoms with Crippen LogP contribution >= 0.6 is 0 Å². The summed E-state index contributed by atoms with van der Waals surface area (Å²) in [6, 6.07) is 2.86. The molecule has 2 N–H and O–H groups in total. The summed E-state index contributed by atoms with van der Waals surface area (Å²) in [4.78, 5) is 35.0. The minimum Gasteiger partial charge on any atom is -0.354 e. The van der Waals surface area contributed by atoms with Crippen LogP contribution in [0.25, 0.3) is 0 Å². The van der Waals surface area contributed by atoms with Gasteiger partial charge in [-0.1, -0.05) is 12.8 Å². The van der Waals surface area contributed by atoms with Crippen LogP contribution < -0.4 is 10.6 Å². The second-order valence-corrected chi connectivity index (χ2v) is 6.82. The van der Waals surface area contributed by atoms with Gasteiger partial charge in [0, 0.05) is 12.6 Å². The second-order valence-electron chi connectivity index (χ2n) is 6.82. The van der Waals surface area contributed by atoms with Crippen molar-refractivity contribution in [2.75, 3.05) is 6.54 Å². The molecule has 7 nitrogen and oxygen atoms in total. The molecule has 25 heavy (non-hydrogen) atoms. The van der Waals surface area contributed by atoms with E-state index in [-0.39, 0.29) is 11.5 Å². The SMILES string of the molecule is O=C(NC1(C(=O)NCC2CC2)CCCC1)c1ccc([N+](=O)[O-])cc1F. The second kappa shape index (κ2) is 6.78. The lowest BCUT2D eigenvalue weighted by molar-refractivity contribution is -0.385. The van der Waals surface area contributed by atoms with Crippen molar-refractivity contribution in [3.8, 4) is 0 Å². The summed E-state index contributed by atoms with van der Waals surface area (Å²) in [5.41, 5.74) is -1.75. The number of benzene rings is 1. The van der Waals surface area contributed by atoms with Crippen molar-refractivity contribution in [2.24, 2.45) is 5.92 Å². The molecular formula is C17H20FN3O4. The molecular weight excluding hydrogens is 329 g/mol. The Hall–Kier alpha value is -2.51. The maximum atomic E-state index is 14.1. The number of amides is 2. The molecule has 8 heteroatoms. The van der Waals surface area contributed by atoms with E-state index in [1.54, 1.807) is 0 Å². The van der Waals surface area contributed by atoms with Crippen LogP contribution in [0, 0.1) is 21.8 Å². The zero-order chi connectivity index (χ0) is 18.0. The fraction of sp³-hybridized carbons (Fsp3) is 0.529. The van der Waals surface area contributed by atoms with E-state index >= 15 is 0 Å². The maximum absolute atomic E-state index is 14.1. The van der Waals surface area contributed by atoms with E-state index in [2.05, 4.69) is 10.6 Å². The molecule has 0 spiro atoms. The molecule has 2 aliphatic rings. The van der Waals surface area contributed by atoms with Gasteiger partial charge in [-0.05, 0) is 37.7 Å². The molecule has 2 amide bonds. The molecule has 134 valence electrons. The van der Waals surface area contributed by atoms with Gasteiger partial charge in [0.2, 0.25) is 5.91 Å². The highest BCUT2D eigenvalue weighted by Gasteiger charge is 2.43. The van der Waals surface area contributed by atoms with Crippen LogP contribution in [-0.2, 0) is 4.79 Å². The molecule has 0 atom stereocenters. The van der Waals surface area contributed by atoms with E-state index in [9.17, 15) is 24.1 Å². The van der Waals surface area contributed by atoms with Gasteiger partial charge in [0.05, 0.1) is 16.6 Å². The van der Waals surface area contributed by atoms with Crippen molar-refractivity contribution < 1.29 is 18.9 Å². The van der Waals surface area contributed by atoms with Crippen molar-refractivity contribution in [3.05, 3.63) is 39.7 Å². The number of carbonyl (C=O) groups excluding carboxylic acids is 2. The van der Waals surface area contributed by atoms with Crippen LogP contribution in [0.1, 0.15) is 48.9 Å². The highest BCUT2D eigenvalue weighted by atomic mass is 19.1. The lowest BCUT2D eigenvalue weighted by Crippen LogP contribution is -2.57. The van der Waals surface area contributed by atoms with Gasteiger partial charge < -0.3 is 10.6 Å². The average Bonchev–Trinajstić information content (AvgIpc) is 3.29. The van der Waals surface area contributed by atoms with E-state index in [0.29, 0.717) is 31.4 Å². The third kappa shape index (κ3) is 3.78. The summed E-state index contributed by atoms with van der Waals surface area (Å²) < 4.78 is 14.1. The number of nitrogens with zero attached hydrogens (tertiary/aromatic N) is 1. The first kappa shape index (κ1) is 17.3. The van der Waals surface area contributed by atoms with E-state index < -0.39 is 27.9 Å². The Kier molecular flexibility index (Phi) is 4.69. The van der Waals surface area contributed by atoms with E-state index in [0.717, 1.165) is 37.8 Å². The first-order chi connectivity index (χ1) is 11.9. The maximum Gasteiger partial charge on any atom is 0.272 e. The number of nitro benzene ring substituents is 1. The molecule has 0 saturated heterocycles. The van der Waals surface area contributed by atoms with Crippen molar-refractivity contribution in [1.82, 2.24) is 10.6 Å². The number of halogens is 1. The van der Waals surface area contributed by atoms with Crippen LogP contribution in [0.3, 0.4) is 0 Å². The van der Waals surface area contributed by atoms with Gasteiger partial charge in [-0.2, -0.15) is 0 Å². The number of non-ortho nitro benzene ring substituents is 1. The predicted octanol–water partition coefficient (Wildman–Crippen LogP) is 2.30. The Labute approximate surface area is 144 Å². The Morgan fingerprint density at radius 1 is 1.28 bits per heavy atom. The number of carbonyl (C=O) groups is 2. The summed E-state index contributed by atoms with van der Waals surface area (Å²) in [6.07, 6.45) is 4.83. The quantitative estimate of drug-likeness (QED) is 0.608. The van der Waals surface area contributed by atoms with Gasteiger partial charge in [0.1, 0.15) is 11.4 Å². The molecule has 3 rings (SSSR count). The molecule has 0 heterocycles. The predicted molar refractivity (Wildman–Crippen MR) is 87.5 cm³/mol. The van der Waals surface area contributed by atoms with E-state index in [1.165, 1.54) is 0 Å². The normalized spacial score (nSPS) is 18.6. The molecule has 0 bridgehead atoms. The van der Waals surface area contributed by atoms with E-state index in [4.69, 9.17) is 0 Å². The minimum atomic E-state index is -1.03.